The molecule has 0 atom stereocenters. The second-order valence-corrected chi connectivity index (χ2v) is 3.62. The van der Waals surface area contributed by atoms with Crippen LogP contribution in [0.3, 0.4) is 0 Å². The van der Waals surface area contributed by atoms with Crippen molar-refractivity contribution in [1.29, 1.82) is 0 Å². The van der Waals surface area contributed by atoms with Crippen LogP contribution >= 0.6 is 31.9 Å². The Bertz CT molecular complexity index is 442. The first-order chi connectivity index (χ1) is 7.04. The third kappa shape index (κ3) is 3.29. The molecule has 2 nitrogen and oxygen atoms in total. The predicted molar refractivity (Wildman–Crippen MR) is 59.4 cm³/mol. The van der Waals surface area contributed by atoms with Gasteiger partial charge >= 0.3 is 5.91 Å². The summed E-state index contributed by atoms with van der Waals surface area (Å²) in [5.41, 5.74) is 0.00782. The molecule has 0 aliphatic heterocycles. The van der Waals surface area contributed by atoms with Crippen LogP contribution in [0.15, 0.2) is 16.6 Å². The fraction of sp³-hybridized carbons (Fsp3) is 0. The molecule has 0 spiro atoms. The lowest BCUT2D eigenvalue weighted by atomic mass is 10.3. The first-order valence-corrected chi connectivity index (χ1v) is 5.20. The van der Waals surface area contributed by atoms with Crippen LogP contribution in [0.25, 0.3) is 0 Å². The molecule has 0 aromatic heterocycles. The molecule has 0 bridgehead atoms. The van der Waals surface area contributed by atoms with Crippen LogP contribution in [-0.2, 0) is 4.79 Å². The predicted octanol–water partition coefficient (Wildman–Crippen LogP) is 3.02. The van der Waals surface area contributed by atoms with E-state index in [1.807, 2.05) is 0 Å². The summed E-state index contributed by atoms with van der Waals surface area (Å²) < 4.78 is 25.7. The lowest BCUT2D eigenvalue weighted by molar-refractivity contribution is -0.111. The zero-order chi connectivity index (χ0) is 11.4. The molecule has 0 heterocycles. The highest BCUT2D eigenvalue weighted by Crippen LogP contribution is 2.23. The van der Waals surface area contributed by atoms with Gasteiger partial charge in [0.25, 0.3) is 0 Å². The molecule has 0 unspecified atom stereocenters. The molecule has 1 N–H and O–H groups in total. The van der Waals surface area contributed by atoms with Gasteiger partial charge in [0, 0.05) is 27.5 Å². The lowest BCUT2D eigenvalue weighted by Gasteiger charge is -2.03. The molecule has 15 heavy (non-hydrogen) atoms. The van der Waals surface area contributed by atoms with Gasteiger partial charge in [0.15, 0.2) is 0 Å². The Morgan fingerprint density at radius 1 is 1.33 bits per heavy atom. The van der Waals surface area contributed by atoms with Gasteiger partial charge in [0.1, 0.15) is 11.6 Å². The summed E-state index contributed by atoms with van der Waals surface area (Å²) >= 11 is 5.44. The summed E-state index contributed by atoms with van der Waals surface area (Å²) in [6, 6.07) is 1.97. The Labute approximate surface area is 101 Å². The minimum atomic E-state index is -0.794. The summed E-state index contributed by atoms with van der Waals surface area (Å²) in [5.74, 6) is -0.140. The van der Waals surface area contributed by atoms with Gasteiger partial charge in [0.2, 0.25) is 0 Å². The maximum Gasteiger partial charge on any atom is 0.301 e. The third-order valence-electron chi connectivity index (χ3n) is 1.40. The number of nitrogens with one attached hydrogen (secondary N) is 1. The number of rotatable bonds is 1. The standard InChI is InChI=1S/C9H3Br2F2NO/c10-2-1-8(15)14-5-3-6(12)9(11)7(13)4-5/h3-4H,(H,14,15). The third-order valence-corrected chi connectivity index (χ3v) is 2.36. The van der Waals surface area contributed by atoms with Gasteiger partial charge in [-0.1, -0.05) is 0 Å². The smallest absolute Gasteiger partial charge is 0.301 e. The van der Waals surface area contributed by atoms with E-state index in [0.29, 0.717) is 0 Å². The largest absolute Gasteiger partial charge is 0.315 e. The monoisotopic (exact) mass is 337 g/mol. The van der Waals surface area contributed by atoms with Crippen molar-refractivity contribution >= 4 is 43.5 Å². The van der Waals surface area contributed by atoms with Crippen LogP contribution in [0.4, 0.5) is 14.5 Å². The maximum absolute atomic E-state index is 13.0. The second kappa shape index (κ2) is 5.24. The summed E-state index contributed by atoms with van der Waals surface area (Å²) in [6.45, 7) is 0. The van der Waals surface area contributed by atoms with Gasteiger partial charge < -0.3 is 5.32 Å². The van der Waals surface area contributed by atoms with Crippen molar-refractivity contribution < 1.29 is 13.6 Å². The summed E-state index contributed by atoms with van der Waals surface area (Å²) in [4.78, 5) is 13.1. The summed E-state index contributed by atoms with van der Waals surface area (Å²) in [6.07, 6.45) is 0. The van der Waals surface area contributed by atoms with Gasteiger partial charge in [-0.25, -0.2) is 8.78 Å². The number of benzene rings is 1. The van der Waals surface area contributed by atoms with E-state index in [0.717, 1.165) is 12.1 Å². The number of amides is 1. The van der Waals surface area contributed by atoms with Crippen LogP contribution in [-0.4, -0.2) is 5.91 Å². The number of hydrogen-bond acceptors (Lipinski definition) is 1. The molecule has 1 aromatic rings. The number of hydrogen-bond donors (Lipinski definition) is 1. The molecule has 0 fully saturated rings. The summed E-state index contributed by atoms with van der Waals surface area (Å²) in [7, 11) is 0. The van der Waals surface area contributed by atoms with Gasteiger partial charge in [0.05, 0.1) is 4.47 Å². The molecule has 1 rings (SSSR count). The van der Waals surface area contributed by atoms with Crippen LogP contribution in [0.2, 0.25) is 0 Å². The first-order valence-electron chi connectivity index (χ1n) is 3.61. The second-order valence-electron chi connectivity index (χ2n) is 2.43. The Kier molecular flexibility index (Phi) is 4.24. The molecule has 78 valence electrons. The SMILES string of the molecule is O=C(C#CBr)Nc1cc(F)c(Br)c(F)c1. The van der Waals surface area contributed by atoms with Crippen LogP contribution < -0.4 is 5.32 Å². The molecular formula is C9H3Br2F2NO. The van der Waals surface area contributed by atoms with E-state index in [-0.39, 0.29) is 10.2 Å². The van der Waals surface area contributed by atoms with E-state index in [2.05, 4.69) is 47.9 Å². The van der Waals surface area contributed by atoms with Gasteiger partial charge in [-0.2, -0.15) is 0 Å². The highest BCUT2D eigenvalue weighted by molar-refractivity contribution is 9.12. The Balaban J connectivity index is 2.96. The maximum atomic E-state index is 13.0. The summed E-state index contributed by atoms with van der Waals surface area (Å²) in [5, 5.41) is 2.21. The Morgan fingerprint density at radius 2 is 1.87 bits per heavy atom. The van der Waals surface area contributed by atoms with Crippen molar-refractivity contribution in [2.24, 2.45) is 0 Å². The number of anilines is 1. The van der Waals surface area contributed by atoms with Crippen LogP contribution in [0.5, 0.6) is 0 Å². The molecule has 6 heteroatoms. The Morgan fingerprint density at radius 3 is 2.33 bits per heavy atom. The van der Waals surface area contributed by atoms with Crippen molar-refractivity contribution in [3.63, 3.8) is 0 Å². The molecule has 0 aliphatic rings. The normalized spacial score (nSPS) is 9.07. The average molecular weight is 339 g/mol. The van der Waals surface area contributed by atoms with Crippen molar-refractivity contribution in [2.75, 3.05) is 5.32 Å². The van der Waals surface area contributed by atoms with Gasteiger partial charge in [-0.15, -0.1) is 0 Å². The van der Waals surface area contributed by atoms with Crippen molar-refractivity contribution in [3.8, 4) is 10.8 Å². The highest BCUT2D eigenvalue weighted by Gasteiger charge is 2.09. The van der Waals surface area contributed by atoms with Gasteiger partial charge in [-0.3, -0.25) is 4.79 Å². The van der Waals surface area contributed by atoms with E-state index < -0.39 is 17.5 Å². The number of carbonyl (C=O) groups excluding carboxylic acids is 1. The molecule has 1 amide bonds. The highest BCUT2D eigenvalue weighted by atomic mass is 79.9. The molecule has 0 radical (unpaired) electrons. The minimum absolute atomic E-state index is 0.00782. The molecule has 0 saturated heterocycles. The quantitative estimate of drug-likeness (QED) is 0.619. The van der Waals surface area contributed by atoms with Gasteiger partial charge in [-0.05, 0) is 32.9 Å². The molecule has 0 aliphatic carbocycles. The van der Waals surface area contributed by atoms with E-state index >= 15 is 0 Å². The zero-order valence-corrected chi connectivity index (χ0v) is 10.2. The van der Waals surface area contributed by atoms with E-state index in [1.165, 1.54) is 0 Å². The van der Waals surface area contributed by atoms with Crippen molar-refractivity contribution in [1.82, 2.24) is 0 Å². The fourth-order valence-electron chi connectivity index (χ4n) is 0.833. The zero-order valence-electron chi connectivity index (χ0n) is 7.07. The molecule has 1 aromatic carbocycles. The average Bonchev–Trinajstić information content (AvgIpc) is 2.14. The van der Waals surface area contributed by atoms with Crippen LogP contribution in [0.1, 0.15) is 0 Å². The minimum Gasteiger partial charge on any atom is -0.315 e. The van der Waals surface area contributed by atoms with Crippen molar-refractivity contribution in [2.45, 2.75) is 0 Å². The van der Waals surface area contributed by atoms with E-state index in [9.17, 15) is 13.6 Å². The number of halogens is 4. The lowest BCUT2D eigenvalue weighted by Crippen LogP contribution is -2.08. The fourth-order valence-corrected chi connectivity index (χ4v) is 1.24. The van der Waals surface area contributed by atoms with E-state index in [4.69, 9.17) is 0 Å². The number of carbonyl (C=O) groups is 1. The van der Waals surface area contributed by atoms with E-state index in [1.54, 1.807) is 0 Å². The molecule has 0 saturated carbocycles. The molecular weight excluding hydrogens is 336 g/mol. The first kappa shape index (κ1) is 12.1. The van der Waals surface area contributed by atoms with Crippen LogP contribution in [0, 0.1) is 22.4 Å². The van der Waals surface area contributed by atoms with Crippen molar-refractivity contribution in [3.05, 3.63) is 28.2 Å². The topological polar surface area (TPSA) is 29.1 Å². The Hall–Kier alpha value is -0.930.